The zero-order valence-electron chi connectivity index (χ0n) is 8.61. The molecule has 0 bridgehead atoms. The van der Waals surface area contributed by atoms with Crippen LogP contribution in [0.25, 0.3) is 0 Å². The average molecular weight is 308 g/mol. The third kappa shape index (κ3) is 3.27. The van der Waals surface area contributed by atoms with Gasteiger partial charge >= 0.3 is 0 Å². The van der Waals surface area contributed by atoms with Crippen LogP contribution in [0.2, 0.25) is 0 Å². The largest absolute Gasteiger partial charge is 0.504 e. The second kappa shape index (κ2) is 6.59. The molecule has 0 amide bonds. The zero-order valence-corrected chi connectivity index (χ0v) is 11.0. The molecule has 6 heteroatoms. The molecule has 0 aliphatic heterocycles. The highest BCUT2D eigenvalue weighted by Gasteiger charge is 2.15. The molecule has 0 saturated heterocycles. The van der Waals surface area contributed by atoms with Gasteiger partial charge in [-0.05, 0) is 12.1 Å². The molecule has 0 saturated carbocycles. The molecule has 0 radical (unpaired) electrons. The lowest BCUT2D eigenvalue weighted by atomic mass is 10.0. The van der Waals surface area contributed by atoms with Crippen molar-refractivity contribution in [2.75, 3.05) is 7.11 Å². The molecule has 0 heterocycles. The van der Waals surface area contributed by atoms with E-state index in [-0.39, 0.29) is 24.6 Å². The van der Waals surface area contributed by atoms with Crippen molar-refractivity contribution < 1.29 is 9.84 Å². The fourth-order valence-electron chi connectivity index (χ4n) is 1.24. The van der Waals surface area contributed by atoms with Crippen molar-refractivity contribution in [1.82, 2.24) is 0 Å². The number of benzene rings is 1. The molecule has 0 aliphatic rings. The lowest BCUT2D eigenvalue weighted by Gasteiger charge is -2.13. The number of nitrogens with zero attached hydrogens (tertiary/aromatic N) is 1. The molecule has 0 spiro atoms. The van der Waals surface area contributed by atoms with E-state index in [2.05, 4.69) is 15.9 Å². The van der Waals surface area contributed by atoms with E-state index in [0.29, 0.717) is 11.3 Å². The van der Waals surface area contributed by atoms with Crippen molar-refractivity contribution >= 4 is 28.3 Å². The summed E-state index contributed by atoms with van der Waals surface area (Å²) >= 11 is 3.28. The third-order valence-corrected chi connectivity index (χ3v) is 2.46. The number of nitriles is 1. The molecule has 1 aromatic rings. The minimum Gasteiger partial charge on any atom is -0.504 e. The SMILES string of the molecule is COc1cc(Br)cc([C@@H](N)CC#N)c1O.Cl. The van der Waals surface area contributed by atoms with Crippen LogP contribution in [0.15, 0.2) is 16.6 Å². The first kappa shape index (κ1) is 15.0. The van der Waals surface area contributed by atoms with Crippen LogP contribution in [-0.4, -0.2) is 12.2 Å². The quantitative estimate of drug-likeness (QED) is 0.899. The highest BCUT2D eigenvalue weighted by molar-refractivity contribution is 9.10. The third-order valence-electron chi connectivity index (χ3n) is 2.00. The van der Waals surface area contributed by atoms with Gasteiger partial charge in [-0.25, -0.2) is 0 Å². The second-order valence-corrected chi connectivity index (χ2v) is 3.93. The topological polar surface area (TPSA) is 79.3 Å². The summed E-state index contributed by atoms with van der Waals surface area (Å²) in [5.41, 5.74) is 6.24. The van der Waals surface area contributed by atoms with E-state index < -0.39 is 6.04 Å². The van der Waals surface area contributed by atoms with Gasteiger partial charge in [-0.1, -0.05) is 15.9 Å². The lowest BCUT2D eigenvalue weighted by molar-refractivity contribution is 0.368. The Balaban J connectivity index is 0.00000225. The maximum Gasteiger partial charge on any atom is 0.162 e. The van der Waals surface area contributed by atoms with Crippen molar-refractivity contribution in [3.63, 3.8) is 0 Å². The van der Waals surface area contributed by atoms with Gasteiger partial charge in [-0.2, -0.15) is 5.26 Å². The molecule has 4 nitrogen and oxygen atoms in total. The predicted molar refractivity (Wildman–Crippen MR) is 66.8 cm³/mol. The van der Waals surface area contributed by atoms with Gasteiger partial charge in [0, 0.05) is 16.1 Å². The van der Waals surface area contributed by atoms with Crippen LogP contribution >= 0.6 is 28.3 Å². The van der Waals surface area contributed by atoms with Gasteiger partial charge in [0.2, 0.25) is 0 Å². The average Bonchev–Trinajstić information content (AvgIpc) is 2.21. The van der Waals surface area contributed by atoms with E-state index in [1.54, 1.807) is 12.1 Å². The Morgan fingerprint density at radius 1 is 1.62 bits per heavy atom. The minimum absolute atomic E-state index is 0. The Kier molecular flexibility index (Phi) is 6.19. The number of aromatic hydroxyl groups is 1. The molecule has 0 unspecified atom stereocenters. The summed E-state index contributed by atoms with van der Waals surface area (Å²) in [6, 6.07) is 4.76. The maximum absolute atomic E-state index is 9.78. The van der Waals surface area contributed by atoms with E-state index in [1.165, 1.54) is 7.11 Å². The standard InChI is InChI=1S/C10H11BrN2O2.ClH/c1-15-9-5-6(11)4-7(10(9)14)8(13)2-3-12;/h4-5,8,14H,2,13H2,1H3;1H/t8-;/m0./s1. The minimum atomic E-state index is -0.513. The van der Waals surface area contributed by atoms with Crippen LogP contribution < -0.4 is 10.5 Å². The number of rotatable bonds is 3. The molecule has 1 aromatic carbocycles. The summed E-state index contributed by atoms with van der Waals surface area (Å²) in [5, 5.41) is 18.3. The highest BCUT2D eigenvalue weighted by Crippen LogP contribution is 2.36. The number of methoxy groups -OCH3 is 1. The number of phenolic OH excluding ortho intramolecular Hbond substituents is 1. The smallest absolute Gasteiger partial charge is 0.162 e. The van der Waals surface area contributed by atoms with Crippen molar-refractivity contribution in [2.24, 2.45) is 5.73 Å². The van der Waals surface area contributed by atoms with E-state index in [4.69, 9.17) is 15.7 Å². The Morgan fingerprint density at radius 3 is 2.75 bits per heavy atom. The fraction of sp³-hybridized carbons (Fsp3) is 0.300. The number of halogens is 2. The van der Waals surface area contributed by atoms with E-state index in [0.717, 1.165) is 4.47 Å². The van der Waals surface area contributed by atoms with Crippen LogP contribution in [0.1, 0.15) is 18.0 Å². The van der Waals surface area contributed by atoms with Gasteiger partial charge in [0.05, 0.1) is 19.6 Å². The Labute approximate surface area is 109 Å². The van der Waals surface area contributed by atoms with Crippen LogP contribution in [0.4, 0.5) is 0 Å². The van der Waals surface area contributed by atoms with Crippen molar-refractivity contribution in [3.8, 4) is 17.6 Å². The monoisotopic (exact) mass is 306 g/mol. The first-order chi connectivity index (χ1) is 7.10. The zero-order chi connectivity index (χ0) is 11.4. The Hall–Kier alpha value is -0.960. The second-order valence-electron chi connectivity index (χ2n) is 3.01. The van der Waals surface area contributed by atoms with Crippen LogP contribution in [0.5, 0.6) is 11.5 Å². The van der Waals surface area contributed by atoms with Crippen molar-refractivity contribution in [3.05, 3.63) is 22.2 Å². The summed E-state index contributed by atoms with van der Waals surface area (Å²) in [6.45, 7) is 0. The summed E-state index contributed by atoms with van der Waals surface area (Å²) < 4.78 is 5.73. The fourth-order valence-corrected chi connectivity index (χ4v) is 1.70. The molecule has 16 heavy (non-hydrogen) atoms. The number of hydrogen-bond donors (Lipinski definition) is 2. The highest BCUT2D eigenvalue weighted by atomic mass is 79.9. The van der Waals surface area contributed by atoms with Gasteiger partial charge in [0.1, 0.15) is 0 Å². The van der Waals surface area contributed by atoms with E-state index in [1.807, 2.05) is 6.07 Å². The molecule has 1 rings (SSSR count). The predicted octanol–water partition coefficient (Wildman–Crippen LogP) is 2.50. The Morgan fingerprint density at radius 2 is 2.25 bits per heavy atom. The maximum atomic E-state index is 9.78. The molecular weight excluding hydrogens is 295 g/mol. The first-order valence-electron chi connectivity index (χ1n) is 4.29. The summed E-state index contributed by atoms with van der Waals surface area (Å²) in [6.07, 6.45) is 0.146. The normalized spacial score (nSPS) is 11.1. The molecule has 0 aliphatic carbocycles. The van der Waals surface area contributed by atoms with Crippen LogP contribution in [-0.2, 0) is 0 Å². The molecule has 88 valence electrons. The van der Waals surface area contributed by atoms with Gasteiger partial charge in [-0.15, -0.1) is 12.4 Å². The summed E-state index contributed by atoms with van der Waals surface area (Å²) in [4.78, 5) is 0. The van der Waals surface area contributed by atoms with Crippen LogP contribution in [0.3, 0.4) is 0 Å². The lowest BCUT2D eigenvalue weighted by Crippen LogP contribution is -2.09. The molecule has 0 aromatic heterocycles. The molecular formula is C10H12BrClN2O2. The summed E-state index contributed by atoms with van der Waals surface area (Å²) in [5.74, 6) is 0.330. The van der Waals surface area contributed by atoms with E-state index >= 15 is 0 Å². The van der Waals surface area contributed by atoms with Gasteiger partial charge in [0.15, 0.2) is 11.5 Å². The number of phenols is 1. The van der Waals surface area contributed by atoms with E-state index in [9.17, 15) is 5.11 Å². The molecule has 3 N–H and O–H groups in total. The first-order valence-corrected chi connectivity index (χ1v) is 5.08. The van der Waals surface area contributed by atoms with Gasteiger partial charge in [0.25, 0.3) is 0 Å². The number of nitrogens with two attached hydrogens (primary N) is 1. The van der Waals surface area contributed by atoms with Crippen molar-refractivity contribution in [1.29, 1.82) is 5.26 Å². The Bertz CT molecular complexity index is 407. The molecule has 1 atom stereocenters. The summed E-state index contributed by atoms with van der Waals surface area (Å²) in [7, 11) is 1.46. The molecule has 0 fully saturated rings. The van der Waals surface area contributed by atoms with Crippen LogP contribution in [0, 0.1) is 11.3 Å². The van der Waals surface area contributed by atoms with Crippen molar-refractivity contribution in [2.45, 2.75) is 12.5 Å². The number of ether oxygens (including phenoxy) is 1. The number of hydrogen-bond acceptors (Lipinski definition) is 4. The van der Waals surface area contributed by atoms with Gasteiger partial charge in [-0.3, -0.25) is 0 Å². The van der Waals surface area contributed by atoms with Gasteiger partial charge < -0.3 is 15.6 Å².